The first-order chi connectivity index (χ1) is 13.8. The molecule has 0 unspecified atom stereocenters. The predicted molar refractivity (Wildman–Crippen MR) is 106 cm³/mol. The minimum absolute atomic E-state index is 0.429. The SMILES string of the molecule is COc1ccc(-c2noc(-c3ccc(NCCc4ccccn4)nc3)n2)cc1. The number of methoxy groups -OCH3 is 1. The van der Waals surface area contributed by atoms with E-state index in [2.05, 4.69) is 25.4 Å². The summed E-state index contributed by atoms with van der Waals surface area (Å²) in [5, 5.41) is 7.33. The second-order valence-electron chi connectivity index (χ2n) is 6.08. The summed E-state index contributed by atoms with van der Waals surface area (Å²) in [6.07, 6.45) is 4.35. The van der Waals surface area contributed by atoms with Crippen LogP contribution >= 0.6 is 0 Å². The zero-order chi connectivity index (χ0) is 19.2. The molecule has 0 aliphatic heterocycles. The van der Waals surface area contributed by atoms with Gasteiger partial charge in [-0.3, -0.25) is 4.98 Å². The van der Waals surface area contributed by atoms with Crippen molar-refractivity contribution in [1.29, 1.82) is 0 Å². The van der Waals surface area contributed by atoms with Crippen molar-refractivity contribution in [2.24, 2.45) is 0 Å². The van der Waals surface area contributed by atoms with Gasteiger partial charge in [-0.25, -0.2) is 4.98 Å². The molecule has 3 heterocycles. The number of anilines is 1. The number of ether oxygens (including phenoxy) is 1. The molecule has 0 bridgehead atoms. The lowest BCUT2D eigenvalue weighted by atomic mass is 10.2. The average Bonchev–Trinajstić information content (AvgIpc) is 3.25. The van der Waals surface area contributed by atoms with Crippen LogP contribution in [0.5, 0.6) is 5.75 Å². The summed E-state index contributed by atoms with van der Waals surface area (Å²) in [6.45, 7) is 0.755. The topological polar surface area (TPSA) is 86.0 Å². The maximum absolute atomic E-state index is 5.38. The van der Waals surface area contributed by atoms with Crippen LogP contribution in [0.2, 0.25) is 0 Å². The first-order valence-corrected chi connectivity index (χ1v) is 8.90. The van der Waals surface area contributed by atoms with E-state index in [9.17, 15) is 0 Å². The summed E-state index contributed by atoms with van der Waals surface area (Å²) >= 11 is 0. The normalized spacial score (nSPS) is 10.6. The van der Waals surface area contributed by atoms with E-state index in [1.54, 1.807) is 19.5 Å². The van der Waals surface area contributed by atoms with Crippen molar-refractivity contribution < 1.29 is 9.26 Å². The van der Waals surface area contributed by atoms with Crippen molar-refractivity contribution in [3.05, 3.63) is 72.7 Å². The van der Waals surface area contributed by atoms with Crippen LogP contribution in [-0.2, 0) is 6.42 Å². The molecule has 0 spiro atoms. The van der Waals surface area contributed by atoms with Crippen LogP contribution in [0.1, 0.15) is 5.69 Å². The standard InChI is InChI=1S/C21H19N5O2/c1-27-18-8-5-15(6-9-18)20-25-21(28-26-20)16-7-10-19(24-14-16)23-13-11-17-4-2-3-12-22-17/h2-10,12,14H,11,13H2,1H3,(H,23,24). The van der Waals surface area contributed by atoms with Crippen LogP contribution in [0.3, 0.4) is 0 Å². The molecule has 3 aromatic heterocycles. The van der Waals surface area contributed by atoms with Gasteiger partial charge in [-0.1, -0.05) is 11.2 Å². The molecule has 0 atom stereocenters. The third-order valence-corrected chi connectivity index (χ3v) is 4.20. The molecule has 0 aliphatic carbocycles. The van der Waals surface area contributed by atoms with Gasteiger partial charge in [-0.15, -0.1) is 0 Å². The molecule has 0 fully saturated rings. The Morgan fingerprint density at radius 2 is 1.82 bits per heavy atom. The quantitative estimate of drug-likeness (QED) is 0.526. The zero-order valence-corrected chi connectivity index (χ0v) is 15.4. The molecule has 0 amide bonds. The molecule has 7 heteroatoms. The van der Waals surface area contributed by atoms with E-state index in [-0.39, 0.29) is 0 Å². The van der Waals surface area contributed by atoms with E-state index in [0.717, 1.165) is 41.4 Å². The molecule has 140 valence electrons. The highest BCUT2D eigenvalue weighted by Crippen LogP contribution is 2.24. The molecule has 4 aromatic rings. The lowest BCUT2D eigenvalue weighted by molar-refractivity contribution is 0.415. The Kier molecular flexibility index (Phi) is 5.24. The van der Waals surface area contributed by atoms with Crippen LogP contribution in [-0.4, -0.2) is 33.8 Å². The van der Waals surface area contributed by atoms with Crippen LogP contribution in [0.25, 0.3) is 22.8 Å². The van der Waals surface area contributed by atoms with Crippen molar-refractivity contribution in [2.75, 3.05) is 19.0 Å². The maximum Gasteiger partial charge on any atom is 0.259 e. The van der Waals surface area contributed by atoms with Gasteiger partial charge in [0.05, 0.1) is 12.7 Å². The Morgan fingerprint density at radius 3 is 2.54 bits per heavy atom. The van der Waals surface area contributed by atoms with Gasteiger partial charge in [0.15, 0.2) is 0 Å². The second-order valence-corrected chi connectivity index (χ2v) is 6.08. The van der Waals surface area contributed by atoms with Gasteiger partial charge in [0.25, 0.3) is 5.89 Å². The fourth-order valence-corrected chi connectivity index (χ4v) is 2.69. The summed E-state index contributed by atoms with van der Waals surface area (Å²) in [7, 11) is 1.63. The Balaban J connectivity index is 1.39. The minimum Gasteiger partial charge on any atom is -0.497 e. The van der Waals surface area contributed by atoms with Crippen LogP contribution in [0.15, 0.2) is 71.5 Å². The highest BCUT2D eigenvalue weighted by molar-refractivity contribution is 5.60. The largest absolute Gasteiger partial charge is 0.497 e. The van der Waals surface area contributed by atoms with Crippen LogP contribution in [0, 0.1) is 0 Å². The lowest BCUT2D eigenvalue weighted by Crippen LogP contribution is -2.06. The highest BCUT2D eigenvalue weighted by atomic mass is 16.5. The molecule has 0 saturated carbocycles. The third-order valence-electron chi connectivity index (χ3n) is 4.20. The molecule has 1 N–H and O–H groups in total. The summed E-state index contributed by atoms with van der Waals surface area (Å²) in [6, 6.07) is 17.2. The van der Waals surface area contributed by atoms with Crippen molar-refractivity contribution in [3.63, 3.8) is 0 Å². The smallest absolute Gasteiger partial charge is 0.259 e. The number of nitrogens with zero attached hydrogens (tertiary/aromatic N) is 4. The van der Waals surface area contributed by atoms with Gasteiger partial charge in [0.2, 0.25) is 5.82 Å². The maximum atomic E-state index is 5.38. The highest BCUT2D eigenvalue weighted by Gasteiger charge is 2.11. The second kappa shape index (κ2) is 8.30. The van der Waals surface area contributed by atoms with E-state index in [1.807, 2.05) is 54.6 Å². The molecular formula is C21H19N5O2. The third kappa shape index (κ3) is 4.15. The van der Waals surface area contributed by atoms with E-state index >= 15 is 0 Å². The molecule has 0 radical (unpaired) electrons. The van der Waals surface area contributed by atoms with Crippen LogP contribution in [0.4, 0.5) is 5.82 Å². The van der Waals surface area contributed by atoms with Gasteiger partial charge in [0, 0.05) is 36.6 Å². The summed E-state index contributed by atoms with van der Waals surface area (Å²) in [4.78, 5) is 13.2. The number of hydrogen-bond acceptors (Lipinski definition) is 7. The van der Waals surface area contributed by atoms with Gasteiger partial charge in [-0.2, -0.15) is 4.98 Å². The monoisotopic (exact) mass is 373 g/mol. The van der Waals surface area contributed by atoms with Gasteiger partial charge in [0.1, 0.15) is 11.6 Å². The summed E-state index contributed by atoms with van der Waals surface area (Å²) in [5.74, 6) is 2.52. The van der Waals surface area contributed by atoms with Crippen molar-refractivity contribution >= 4 is 5.82 Å². The van der Waals surface area contributed by atoms with E-state index in [4.69, 9.17) is 9.26 Å². The van der Waals surface area contributed by atoms with Crippen LogP contribution < -0.4 is 10.1 Å². The Labute approximate surface area is 162 Å². The fourth-order valence-electron chi connectivity index (χ4n) is 2.69. The zero-order valence-electron chi connectivity index (χ0n) is 15.4. The number of hydrogen-bond donors (Lipinski definition) is 1. The molecular weight excluding hydrogens is 354 g/mol. The lowest BCUT2D eigenvalue weighted by Gasteiger charge is -2.05. The summed E-state index contributed by atoms with van der Waals surface area (Å²) < 4.78 is 10.5. The van der Waals surface area contributed by atoms with E-state index in [1.165, 1.54) is 0 Å². The number of aromatic nitrogens is 4. The molecule has 1 aromatic carbocycles. The van der Waals surface area contributed by atoms with Gasteiger partial charge in [-0.05, 0) is 48.5 Å². The Bertz CT molecular complexity index is 1010. The number of pyridine rings is 2. The molecule has 0 aliphatic rings. The van der Waals surface area contributed by atoms with Crippen molar-refractivity contribution in [2.45, 2.75) is 6.42 Å². The molecule has 28 heavy (non-hydrogen) atoms. The predicted octanol–water partition coefficient (Wildman–Crippen LogP) is 3.86. The number of rotatable bonds is 7. The van der Waals surface area contributed by atoms with Gasteiger partial charge >= 0.3 is 0 Å². The summed E-state index contributed by atoms with van der Waals surface area (Å²) in [5.41, 5.74) is 2.67. The molecule has 4 rings (SSSR count). The first-order valence-electron chi connectivity index (χ1n) is 8.90. The van der Waals surface area contributed by atoms with E-state index < -0.39 is 0 Å². The minimum atomic E-state index is 0.429. The van der Waals surface area contributed by atoms with E-state index in [0.29, 0.717) is 11.7 Å². The van der Waals surface area contributed by atoms with Gasteiger partial charge < -0.3 is 14.6 Å². The van der Waals surface area contributed by atoms with Crippen molar-refractivity contribution in [1.82, 2.24) is 20.1 Å². The first kappa shape index (κ1) is 17.7. The molecule has 7 nitrogen and oxygen atoms in total. The Hall–Kier alpha value is -3.74. The average molecular weight is 373 g/mol. The number of nitrogens with one attached hydrogen (secondary N) is 1. The molecule has 0 saturated heterocycles. The number of benzene rings is 1. The fraction of sp³-hybridized carbons (Fsp3) is 0.143. The Morgan fingerprint density at radius 1 is 0.964 bits per heavy atom. The van der Waals surface area contributed by atoms with Crippen molar-refractivity contribution in [3.8, 4) is 28.6 Å².